The molecule has 0 saturated carbocycles. The average Bonchev–Trinajstić information content (AvgIpc) is 2.59. The minimum atomic E-state index is 0.641. The quantitative estimate of drug-likeness (QED) is 0.801. The SMILES string of the molecule is CCOc1[nH]c2ccccc2c1CCN. The topological polar surface area (TPSA) is 51.0 Å². The van der Waals surface area contributed by atoms with E-state index in [1.54, 1.807) is 0 Å². The van der Waals surface area contributed by atoms with Gasteiger partial charge in [-0.1, -0.05) is 18.2 Å². The van der Waals surface area contributed by atoms with Crippen molar-refractivity contribution in [2.45, 2.75) is 13.3 Å². The summed E-state index contributed by atoms with van der Waals surface area (Å²) in [6, 6.07) is 8.20. The molecular weight excluding hydrogens is 188 g/mol. The van der Waals surface area contributed by atoms with E-state index < -0.39 is 0 Å². The van der Waals surface area contributed by atoms with Gasteiger partial charge in [-0.3, -0.25) is 0 Å². The number of hydrogen-bond acceptors (Lipinski definition) is 2. The van der Waals surface area contributed by atoms with Gasteiger partial charge < -0.3 is 15.5 Å². The summed E-state index contributed by atoms with van der Waals surface area (Å²) < 4.78 is 5.56. The molecule has 0 fully saturated rings. The van der Waals surface area contributed by atoms with E-state index in [9.17, 15) is 0 Å². The predicted molar refractivity (Wildman–Crippen MR) is 62.2 cm³/mol. The van der Waals surface area contributed by atoms with Gasteiger partial charge >= 0.3 is 0 Å². The Morgan fingerprint density at radius 3 is 2.87 bits per heavy atom. The van der Waals surface area contributed by atoms with E-state index >= 15 is 0 Å². The Labute approximate surface area is 89.2 Å². The molecule has 0 aliphatic heterocycles. The van der Waals surface area contributed by atoms with Crippen molar-refractivity contribution < 1.29 is 4.74 Å². The highest BCUT2D eigenvalue weighted by Crippen LogP contribution is 2.28. The number of ether oxygens (including phenoxy) is 1. The lowest BCUT2D eigenvalue weighted by atomic mass is 10.1. The summed E-state index contributed by atoms with van der Waals surface area (Å²) in [5.74, 6) is 0.865. The summed E-state index contributed by atoms with van der Waals surface area (Å²) in [7, 11) is 0. The predicted octanol–water partition coefficient (Wildman–Crippen LogP) is 2.07. The number of rotatable bonds is 4. The number of H-pyrrole nitrogens is 1. The maximum atomic E-state index is 5.61. The van der Waals surface area contributed by atoms with E-state index in [0.29, 0.717) is 13.2 Å². The fourth-order valence-corrected chi connectivity index (χ4v) is 1.84. The van der Waals surface area contributed by atoms with Crippen LogP contribution >= 0.6 is 0 Å². The Balaban J connectivity index is 2.53. The van der Waals surface area contributed by atoms with Crippen LogP contribution in [0.25, 0.3) is 10.9 Å². The Bertz CT molecular complexity index is 448. The molecule has 15 heavy (non-hydrogen) atoms. The van der Waals surface area contributed by atoms with E-state index in [2.05, 4.69) is 17.1 Å². The Morgan fingerprint density at radius 2 is 2.13 bits per heavy atom. The van der Waals surface area contributed by atoms with Crippen LogP contribution < -0.4 is 10.5 Å². The van der Waals surface area contributed by atoms with Gasteiger partial charge in [0.25, 0.3) is 0 Å². The van der Waals surface area contributed by atoms with Crippen LogP contribution in [0.3, 0.4) is 0 Å². The van der Waals surface area contributed by atoms with Gasteiger partial charge in [0.2, 0.25) is 0 Å². The molecule has 0 amide bonds. The van der Waals surface area contributed by atoms with Crippen LogP contribution in [0.1, 0.15) is 12.5 Å². The standard InChI is InChI=1S/C12H16N2O/c1-2-15-12-10(7-8-13)9-5-3-4-6-11(9)14-12/h3-6,14H,2,7-8,13H2,1H3. The van der Waals surface area contributed by atoms with Gasteiger partial charge in [-0.15, -0.1) is 0 Å². The smallest absolute Gasteiger partial charge is 0.195 e. The molecule has 0 atom stereocenters. The van der Waals surface area contributed by atoms with E-state index in [1.165, 1.54) is 10.9 Å². The third kappa shape index (κ3) is 1.83. The van der Waals surface area contributed by atoms with Gasteiger partial charge in [-0.25, -0.2) is 0 Å². The van der Waals surface area contributed by atoms with Gasteiger partial charge in [0.15, 0.2) is 5.88 Å². The number of aromatic nitrogens is 1. The Hall–Kier alpha value is -1.48. The second-order valence-corrected chi connectivity index (χ2v) is 3.45. The first-order valence-electron chi connectivity index (χ1n) is 5.29. The molecule has 0 spiro atoms. The second-order valence-electron chi connectivity index (χ2n) is 3.45. The zero-order valence-corrected chi connectivity index (χ0v) is 8.92. The summed E-state index contributed by atoms with van der Waals surface area (Å²) >= 11 is 0. The maximum Gasteiger partial charge on any atom is 0.195 e. The number of aromatic amines is 1. The molecule has 0 aliphatic carbocycles. The van der Waals surface area contributed by atoms with Crippen LogP contribution in [0.4, 0.5) is 0 Å². The zero-order valence-electron chi connectivity index (χ0n) is 8.92. The molecule has 0 saturated heterocycles. The second kappa shape index (κ2) is 4.36. The average molecular weight is 204 g/mol. The normalized spacial score (nSPS) is 10.8. The summed E-state index contributed by atoms with van der Waals surface area (Å²) in [5, 5.41) is 1.21. The molecule has 2 aromatic rings. The van der Waals surface area contributed by atoms with E-state index in [4.69, 9.17) is 10.5 Å². The number of para-hydroxylation sites is 1. The minimum Gasteiger partial charge on any atom is -0.479 e. The lowest BCUT2D eigenvalue weighted by Crippen LogP contribution is -2.04. The van der Waals surface area contributed by atoms with Crippen molar-refractivity contribution >= 4 is 10.9 Å². The summed E-state index contributed by atoms with van der Waals surface area (Å²) in [6.45, 7) is 3.30. The van der Waals surface area contributed by atoms with Crippen LogP contribution in [-0.4, -0.2) is 18.1 Å². The van der Waals surface area contributed by atoms with Crippen LogP contribution in [-0.2, 0) is 6.42 Å². The third-order valence-corrected chi connectivity index (χ3v) is 2.46. The molecule has 3 heteroatoms. The van der Waals surface area contributed by atoms with Crippen LogP contribution in [0, 0.1) is 0 Å². The van der Waals surface area contributed by atoms with Crippen LogP contribution in [0.5, 0.6) is 5.88 Å². The number of fused-ring (bicyclic) bond motifs is 1. The van der Waals surface area contributed by atoms with Crippen molar-refractivity contribution in [3.63, 3.8) is 0 Å². The monoisotopic (exact) mass is 204 g/mol. The van der Waals surface area contributed by atoms with Gasteiger partial charge in [-0.05, 0) is 26.0 Å². The highest BCUT2D eigenvalue weighted by Gasteiger charge is 2.10. The fraction of sp³-hybridized carbons (Fsp3) is 0.333. The molecule has 0 unspecified atom stereocenters. The van der Waals surface area contributed by atoms with Gasteiger partial charge in [0, 0.05) is 16.5 Å². The van der Waals surface area contributed by atoms with Crippen molar-refractivity contribution in [2.24, 2.45) is 5.73 Å². The lowest BCUT2D eigenvalue weighted by Gasteiger charge is -2.03. The highest BCUT2D eigenvalue weighted by molar-refractivity contribution is 5.85. The highest BCUT2D eigenvalue weighted by atomic mass is 16.5. The van der Waals surface area contributed by atoms with Crippen LogP contribution in [0.2, 0.25) is 0 Å². The van der Waals surface area contributed by atoms with Gasteiger partial charge in [-0.2, -0.15) is 0 Å². The summed E-state index contributed by atoms with van der Waals surface area (Å²) in [5.41, 5.74) is 7.91. The van der Waals surface area contributed by atoms with E-state index in [-0.39, 0.29) is 0 Å². The van der Waals surface area contributed by atoms with Crippen molar-refractivity contribution in [3.05, 3.63) is 29.8 Å². The van der Waals surface area contributed by atoms with E-state index in [0.717, 1.165) is 17.8 Å². The van der Waals surface area contributed by atoms with Gasteiger partial charge in [0.1, 0.15) is 0 Å². The zero-order chi connectivity index (χ0) is 10.7. The lowest BCUT2D eigenvalue weighted by molar-refractivity contribution is 0.326. The molecule has 3 N–H and O–H groups in total. The summed E-state index contributed by atoms with van der Waals surface area (Å²) in [6.07, 6.45) is 0.847. The van der Waals surface area contributed by atoms with Gasteiger partial charge in [0.05, 0.1) is 6.61 Å². The molecule has 1 aromatic carbocycles. The number of nitrogens with one attached hydrogen (secondary N) is 1. The Kier molecular flexibility index (Phi) is 2.92. The molecular formula is C12H16N2O. The molecule has 80 valence electrons. The molecule has 2 rings (SSSR count). The maximum absolute atomic E-state index is 5.61. The van der Waals surface area contributed by atoms with Crippen LogP contribution in [0.15, 0.2) is 24.3 Å². The van der Waals surface area contributed by atoms with Crippen molar-refractivity contribution in [3.8, 4) is 5.88 Å². The van der Waals surface area contributed by atoms with E-state index in [1.807, 2.05) is 19.1 Å². The third-order valence-electron chi connectivity index (χ3n) is 2.46. The summed E-state index contributed by atoms with van der Waals surface area (Å²) in [4.78, 5) is 3.27. The first-order chi connectivity index (χ1) is 7.36. The molecule has 0 radical (unpaired) electrons. The van der Waals surface area contributed by atoms with Crippen molar-refractivity contribution in [1.29, 1.82) is 0 Å². The van der Waals surface area contributed by atoms with Crippen molar-refractivity contribution in [2.75, 3.05) is 13.2 Å². The van der Waals surface area contributed by atoms with Crippen molar-refractivity contribution in [1.82, 2.24) is 4.98 Å². The molecule has 0 bridgehead atoms. The largest absolute Gasteiger partial charge is 0.479 e. The molecule has 0 aliphatic rings. The minimum absolute atomic E-state index is 0.641. The molecule has 1 aromatic heterocycles. The first-order valence-corrected chi connectivity index (χ1v) is 5.29. The number of nitrogens with two attached hydrogens (primary N) is 1. The number of hydrogen-bond donors (Lipinski definition) is 2. The first kappa shape index (κ1) is 10.1. The molecule has 3 nitrogen and oxygen atoms in total. The molecule has 1 heterocycles. The Morgan fingerprint density at radius 1 is 1.33 bits per heavy atom. The number of benzene rings is 1. The fourth-order valence-electron chi connectivity index (χ4n) is 1.84.